The Morgan fingerprint density at radius 2 is 1.02 bits per heavy atom. The number of para-hydroxylation sites is 2. The second kappa shape index (κ2) is 10.4. The molecule has 0 aliphatic rings. The van der Waals surface area contributed by atoms with Crippen molar-refractivity contribution < 1.29 is 0 Å². The third kappa shape index (κ3) is 3.99. The average Bonchev–Trinajstić information content (AvgIpc) is 3.68. The summed E-state index contributed by atoms with van der Waals surface area (Å²) < 4.78 is 4.56. The van der Waals surface area contributed by atoms with E-state index in [1.165, 1.54) is 21.5 Å². The summed E-state index contributed by atoms with van der Waals surface area (Å²) in [5.74, 6) is 1.72. The lowest BCUT2D eigenvalue weighted by Gasteiger charge is -2.10. The maximum absolute atomic E-state index is 5.18. The second-order valence-electron chi connectivity index (χ2n) is 12.0. The third-order valence-corrected chi connectivity index (χ3v) is 9.22. The molecule has 0 fully saturated rings. The lowest BCUT2D eigenvalue weighted by atomic mass is 10.1. The molecule has 0 aliphatic heterocycles. The third-order valence-electron chi connectivity index (χ3n) is 9.22. The van der Waals surface area contributed by atoms with Crippen molar-refractivity contribution in [2.75, 3.05) is 0 Å². The van der Waals surface area contributed by atoms with Crippen LogP contribution in [-0.2, 0) is 0 Å². The topological polar surface area (TPSA) is 61.4 Å². The van der Waals surface area contributed by atoms with Crippen LogP contribution >= 0.6 is 0 Å². The number of benzene rings is 4. The highest BCUT2D eigenvalue weighted by Crippen LogP contribution is 2.42. The van der Waals surface area contributed by atoms with Gasteiger partial charge in [-0.1, -0.05) is 78.9 Å². The Bertz CT molecular complexity index is 2850. The van der Waals surface area contributed by atoms with Gasteiger partial charge < -0.3 is 0 Å². The van der Waals surface area contributed by atoms with Crippen molar-refractivity contribution in [3.63, 3.8) is 0 Å². The van der Waals surface area contributed by atoms with Crippen LogP contribution in [0.3, 0.4) is 0 Å². The highest BCUT2D eigenvalue weighted by molar-refractivity contribution is 6.28. The van der Waals surface area contributed by atoms with Crippen LogP contribution in [0, 0.1) is 0 Å². The Morgan fingerprint density at radius 1 is 0.417 bits per heavy atom. The predicted molar refractivity (Wildman–Crippen MR) is 195 cm³/mol. The van der Waals surface area contributed by atoms with E-state index < -0.39 is 0 Å². The number of nitrogens with zero attached hydrogens (tertiary/aromatic N) is 6. The van der Waals surface area contributed by atoms with Crippen LogP contribution in [0.5, 0.6) is 0 Å². The molecule has 0 bridgehead atoms. The fourth-order valence-electron chi connectivity index (χ4n) is 7.13. The standard InChI is InChI=1S/C42H26N6/c1-2-11-27(12-3-1)31-16-8-20-39(45-31)47-35-18-6-4-14-29(35)41-37(47)22-23-38-42(41)30-15-5-7-19-36(30)48(38)40-21-9-17-32(46-40)34-25-33-28(26-44-34)13-10-24-43-33/h1-26H. The van der Waals surface area contributed by atoms with E-state index >= 15 is 0 Å². The summed E-state index contributed by atoms with van der Waals surface area (Å²) in [4.78, 5) is 19.6. The first-order chi connectivity index (χ1) is 23.8. The van der Waals surface area contributed by atoms with Gasteiger partial charge in [0.15, 0.2) is 0 Å². The number of aromatic nitrogens is 6. The fraction of sp³-hybridized carbons (Fsp3) is 0. The van der Waals surface area contributed by atoms with Gasteiger partial charge in [-0.3, -0.25) is 19.1 Å². The van der Waals surface area contributed by atoms with Gasteiger partial charge in [0, 0.05) is 44.9 Å². The fourth-order valence-corrected chi connectivity index (χ4v) is 7.13. The normalized spacial score (nSPS) is 11.8. The summed E-state index contributed by atoms with van der Waals surface area (Å²) in [5.41, 5.74) is 8.94. The molecule has 48 heavy (non-hydrogen) atoms. The van der Waals surface area contributed by atoms with Crippen molar-refractivity contribution in [2.45, 2.75) is 0 Å². The molecule has 0 spiro atoms. The molecule has 6 aromatic heterocycles. The van der Waals surface area contributed by atoms with E-state index in [1.807, 2.05) is 42.7 Å². The van der Waals surface area contributed by atoms with Crippen LogP contribution in [0.4, 0.5) is 0 Å². The lowest BCUT2D eigenvalue weighted by molar-refractivity contribution is 1.07. The molecule has 0 atom stereocenters. The Labute approximate surface area is 275 Å². The van der Waals surface area contributed by atoms with E-state index in [0.717, 1.165) is 67.3 Å². The molecule has 6 nitrogen and oxygen atoms in total. The molecule has 224 valence electrons. The first kappa shape index (κ1) is 26.5. The molecule has 4 aromatic carbocycles. The van der Waals surface area contributed by atoms with Gasteiger partial charge in [-0.2, -0.15) is 0 Å². The number of hydrogen-bond acceptors (Lipinski definition) is 4. The SMILES string of the molecule is c1ccc(-c2cccc(-n3c4ccccc4c4c5c6ccccc6n(-c6cccc(-c7cc8ncccc8cn7)n6)c5ccc43)n2)cc1. The Morgan fingerprint density at radius 3 is 1.71 bits per heavy atom. The van der Waals surface area contributed by atoms with Crippen LogP contribution in [0.15, 0.2) is 158 Å². The number of fused-ring (bicyclic) bond motifs is 8. The highest BCUT2D eigenvalue weighted by Gasteiger charge is 2.21. The van der Waals surface area contributed by atoms with Crippen molar-refractivity contribution in [2.24, 2.45) is 0 Å². The zero-order chi connectivity index (χ0) is 31.6. The first-order valence-corrected chi connectivity index (χ1v) is 16.0. The Kier molecular flexibility index (Phi) is 5.77. The number of hydrogen-bond donors (Lipinski definition) is 0. The molecule has 0 aliphatic carbocycles. The maximum atomic E-state index is 5.18. The Balaban J connectivity index is 1.23. The largest absolute Gasteiger partial charge is 0.294 e. The van der Waals surface area contributed by atoms with Gasteiger partial charge in [0.25, 0.3) is 0 Å². The van der Waals surface area contributed by atoms with Gasteiger partial charge in [0.2, 0.25) is 0 Å². The van der Waals surface area contributed by atoms with E-state index in [0.29, 0.717) is 0 Å². The summed E-state index contributed by atoms with van der Waals surface area (Å²) >= 11 is 0. The molecule has 0 saturated carbocycles. The number of rotatable bonds is 4. The molecule has 6 heterocycles. The van der Waals surface area contributed by atoms with Gasteiger partial charge in [0.1, 0.15) is 11.6 Å². The molecule has 6 heteroatoms. The molecule has 0 N–H and O–H groups in total. The number of pyridine rings is 4. The average molecular weight is 615 g/mol. The van der Waals surface area contributed by atoms with Crippen LogP contribution in [0.2, 0.25) is 0 Å². The molecule has 0 unspecified atom stereocenters. The molecule has 0 saturated heterocycles. The zero-order valence-electron chi connectivity index (χ0n) is 25.7. The smallest absolute Gasteiger partial charge is 0.138 e. The molecular formula is C42H26N6. The molecule has 10 rings (SSSR count). The van der Waals surface area contributed by atoms with Crippen LogP contribution in [-0.4, -0.2) is 29.1 Å². The van der Waals surface area contributed by atoms with Crippen LogP contribution in [0.25, 0.3) is 88.8 Å². The molecule has 0 radical (unpaired) electrons. The van der Waals surface area contributed by atoms with Crippen LogP contribution < -0.4 is 0 Å². The quantitative estimate of drug-likeness (QED) is 0.198. The van der Waals surface area contributed by atoms with Crippen LogP contribution in [0.1, 0.15) is 0 Å². The monoisotopic (exact) mass is 614 g/mol. The summed E-state index contributed by atoms with van der Waals surface area (Å²) in [6, 6.07) is 50.4. The summed E-state index contributed by atoms with van der Waals surface area (Å²) in [7, 11) is 0. The van der Waals surface area contributed by atoms with E-state index in [2.05, 4.69) is 129 Å². The second-order valence-corrected chi connectivity index (χ2v) is 12.0. The van der Waals surface area contributed by atoms with Crippen molar-refractivity contribution in [1.29, 1.82) is 0 Å². The Hall–Kier alpha value is -6.66. The minimum absolute atomic E-state index is 0.791. The summed E-state index contributed by atoms with van der Waals surface area (Å²) in [6.07, 6.45) is 3.67. The van der Waals surface area contributed by atoms with Crippen molar-refractivity contribution in [3.8, 4) is 34.3 Å². The van der Waals surface area contributed by atoms with E-state index in [-0.39, 0.29) is 0 Å². The molecular weight excluding hydrogens is 589 g/mol. The molecule has 10 aromatic rings. The van der Waals surface area contributed by atoms with Crippen molar-refractivity contribution in [3.05, 3.63) is 158 Å². The highest BCUT2D eigenvalue weighted by atomic mass is 15.1. The van der Waals surface area contributed by atoms with E-state index in [9.17, 15) is 0 Å². The van der Waals surface area contributed by atoms with E-state index in [1.54, 1.807) is 0 Å². The van der Waals surface area contributed by atoms with Gasteiger partial charge in [-0.25, -0.2) is 9.97 Å². The minimum Gasteiger partial charge on any atom is -0.294 e. The van der Waals surface area contributed by atoms with Crippen molar-refractivity contribution in [1.82, 2.24) is 29.1 Å². The first-order valence-electron chi connectivity index (χ1n) is 16.0. The minimum atomic E-state index is 0.791. The van der Waals surface area contributed by atoms with Gasteiger partial charge in [-0.15, -0.1) is 0 Å². The predicted octanol–water partition coefficient (Wildman–Crippen LogP) is 9.95. The van der Waals surface area contributed by atoms with Gasteiger partial charge in [-0.05, 0) is 66.7 Å². The van der Waals surface area contributed by atoms with E-state index in [4.69, 9.17) is 15.0 Å². The summed E-state index contributed by atoms with van der Waals surface area (Å²) in [5, 5.41) is 5.75. The van der Waals surface area contributed by atoms with Gasteiger partial charge in [0.05, 0.1) is 44.7 Å². The molecule has 0 amide bonds. The maximum Gasteiger partial charge on any atom is 0.138 e. The van der Waals surface area contributed by atoms with Crippen molar-refractivity contribution >= 4 is 54.5 Å². The summed E-state index contributed by atoms with van der Waals surface area (Å²) in [6.45, 7) is 0. The lowest BCUT2D eigenvalue weighted by Crippen LogP contribution is -2.00. The van der Waals surface area contributed by atoms with Gasteiger partial charge >= 0.3 is 0 Å². The zero-order valence-corrected chi connectivity index (χ0v) is 25.7.